The molecular formula is C34H53F3N6O2. The third kappa shape index (κ3) is 10.5. The molecule has 4 rings (SSSR count). The third-order valence-corrected chi connectivity index (χ3v) is 9.07. The minimum Gasteiger partial charge on any atom is -0.372 e. The molecule has 4 heterocycles. The minimum atomic E-state index is -4.43. The van der Waals surface area contributed by atoms with E-state index in [0.717, 1.165) is 82.8 Å². The highest BCUT2D eigenvalue weighted by molar-refractivity contribution is 5.32. The maximum absolute atomic E-state index is 12.9. The van der Waals surface area contributed by atoms with Gasteiger partial charge in [0.05, 0.1) is 29.0 Å². The van der Waals surface area contributed by atoms with Gasteiger partial charge in [0, 0.05) is 51.0 Å². The van der Waals surface area contributed by atoms with Crippen LogP contribution >= 0.6 is 0 Å². The zero-order valence-electron chi connectivity index (χ0n) is 28.2. The van der Waals surface area contributed by atoms with Gasteiger partial charge in [-0.1, -0.05) is 13.3 Å². The molecule has 2 saturated heterocycles. The van der Waals surface area contributed by atoms with Gasteiger partial charge in [-0.25, -0.2) is 19.9 Å². The van der Waals surface area contributed by atoms with Crippen molar-refractivity contribution in [2.45, 2.75) is 129 Å². The zero-order valence-corrected chi connectivity index (χ0v) is 28.2. The van der Waals surface area contributed by atoms with E-state index in [9.17, 15) is 13.2 Å². The second-order valence-corrected chi connectivity index (χ2v) is 14.4. The topological polar surface area (TPSA) is 76.5 Å². The predicted octanol–water partition coefficient (Wildman–Crippen LogP) is 7.52. The van der Waals surface area contributed by atoms with Crippen molar-refractivity contribution >= 4 is 11.9 Å². The molecule has 2 aromatic rings. The molecule has 2 aliphatic rings. The van der Waals surface area contributed by atoms with E-state index >= 15 is 0 Å². The van der Waals surface area contributed by atoms with Gasteiger partial charge >= 0.3 is 6.18 Å². The molecule has 0 N–H and O–H groups in total. The Labute approximate surface area is 267 Å². The van der Waals surface area contributed by atoms with E-state index in [2.05, 4.69) is 73.3 Å². The van der Waals surface area contributed by atoms with Gasteiger partial charge in [0.25, 0.3) is 0 Å². The molecule has 2 fully saturated rings. The lowest BCUT2D eigenvalue weighted by atomic mass is 9.86. The number of aryl methyl sites for hydroxylation is 1. The van der Waals surface area contributed by atoms with Crippen molar-refractivity contribution in [2.24, 2.45) is 11.8 Å². The van der Waals surface area contributed by atoms with Gasteiger partial charge in [0.15, 0.2) is 0 Å². The summed E-state index contributed by atoms with van der Waals surface area (Å²) in [4.78, 5) is 21.5. The monoisotopic (exact) mass is 634 g/mol. The maximum atomic E-state index is 12.9. The van der Waals surface area contributed by atoms with E-state index in [1.807, 2.05) is 17.3 Å². The van der Waals surface area contributed by atoms with Crippen molar-refractivity contribution in [3.8, 4) is 0 Å². The van der Waals surface area contributed by atoms with Gasteiger partial charge in [0.2, 0.25) is 11.9 Å². The van der Waals surface area contributed by atoms with Crippen molar-refractivity contribution in [3.63, 3.8) is 0 Å². The molecule has 252 valence electrons. The number of aromatic nitrogens is 4. The number of hydrogen-bond acceptors (Lipinski definition) is 8. The quantitative estimate of drug-likeness (QED) is 0.237. The Bertz CT molecular complexity index is 1170. The molecule has 0 aromatic carbocycles. The number of piperidine rings is 2. The first kappa shape index (κ1) is 35.3. The Morgan fingerprint density at radius 2 is 1.27 bits per heavy atom. The first-order valence-electron chi connectivity index (χ1n) is 16.7. The number of halogens is 3. The average Bonchev–Trinajstić information content (AvgIpc) is 2.99. The van der Waals surface area contributed by atoms with Crippen LogP contribution in [0.15, 0.2) is 24.8 Å². The van der Waals surface area contributed by atoms with E-state index in [4.69, 9.17) is 9.47 Å². The van der Waals surface area contributed by atoms with Gasteiger partial charge in [-0.2, -0.15) is 13.2 Å². The average molecular weight is 635 g/mol. The highest BCUT2D eigenvalue weighted by Gasteiger charge is 2.35. The van der Waals surface area contributed by atoms with Crippen molar-refractivity contribution in [1.29, 1.82) is 0 Å². The first-order valence-corrected chi connectivity index (χ1v) is 16.7. The van der Waals surface area contributed by atoms with Gasteiger partial charge in [-0.3, -0.25) is 0 Å². The van der Waals surface area contributed by atoms with E-state index in [0.29, 0.717) is 30.9 Å². The van der Waals surface area contributed by atoms with Crippen LogP contribution in [0.25, 0.3) is 0 Å². The smallest absolute Gasteiger partial charge is 0.372 e. The predicted molar refractivity (Wildman–Crippen MR) is 171 cm³/mol. The zero-order chi connectivity index (χ0) is 32.8. The van der Waals surface area contributed by atoms with Crippen LogP contribution in [-0.4, -0.2) is 69.5 Å². The lowest BCUT2D eigenvalue weighted by molar-refractivity contribution is -0.138. The maximum Gasteiger partial charge on any atom is 0.419 e. The number of ether oxygens (including phenoxy) is 2. The molecule has 0 saturated carbocycles. The lowest BCUT2D eigenvalue weighted by Gasteiger charge is -2.41. The molecule has 0 bridgehead atoms. The van der Waals surface area contributed by atoms with Gasteiger partial charge < -0.3 is 19.3 Å². The van der Waals surface area contributed by atoms with Gasteiger partial charge in [-0.05, 0) is 104 Å². The summed E-state index contributed by atoms with van der Waals surface area (Å²) in [6.07, 6.45) is 9.17. The Morgan fingerprint density at radius 3 is 1.73 bits per heavy atom. The summed E-state index contributed by atoms with van der Waals surface area (Å²) in [5.74, 6) is 2.00. The first-order chi connectivity index (χ1) is 21.1. The summed E-state index contributed by atoms with van der Waals surface area (Å²) in [5.41, 5.74) is -0.189. The number of hydrogen-bond donors (Lipinski definition) is 0. The van der Waals surface area contributed by atoms with Crippen molar-refractivity contribution in [3.05, 3.63) is 35.9 Å². The Morgan fingerprint density at radius 1 is 0.778 bits per heavy atom. The van der Waals surface area contributed by atoms with E-state index in [-0.39, 0.29) is 23.4 Å². The van der Waals surface area contributed by atoms with Crippen molar-refractivity contribution in [2.75, 3.05) is 36.0 Å². The minimum absolute atomic E-state index is 0.0598. The van der Waals surface area contributed by atoms with E-state index in [1.54, 1.807) is 0 Å². The normalized spacial score (nSPS) is 19.2. The summed E-state index contributed by atoms with van der Waals surface area (Å²) in [6.45, 7) is 18.3. The van der Waals surface area contributed by atoms with Crippen molar-refractivity contribution < 1.29 is 22.6 Å². The van der Waals surface area contributed by atoms with Crippen LogP contribution < -0.4 is 9.80 Å². The van der Waals surface area contributed by atoms with E-state index in [1.165, 1.54) is 5.56 Å². The van der Waals surface area contributed by atoms with Crippen molar-refractivity contribution in [1.82, 2.24) is 19.9 Å². The van der Waals surface area contributed by atoms with E-state index < -0.39 is 11.7 Å². The second-order valence-electron chi connectivity index (χ2n) is 14.4. The summed E-state index contributed by atoms with van der Waals surface area (Å²) in [7, 11) is 0. The van der Waals surface area contributed by atoms with Crippen LogP contribution in [0, 0.1) is 11.8 Å². The number of nitrogens with zero attached hydrogens (tertiary/aromatic N) is 6. The van der Waals surface area contributed by atoms with Gasteiger partial charge in [-0.15, -0.1) is 0 Å². The Balaban J connectivity index is 1.26. The summed E-state index contributed by atoms with van der Waals surface area (Å²) >= 11 is 0. The second kappa shape index (κ2) is 14.9. The molecular weight excluding hydrogens is 581 g/mol. The lowest BCUT2D eigenvalue weighted by Crippen LogP contribution is -2.43. The fourth-order valence-corrected chi connectivity index (χ4v) is 6.59. The van der Waals surface area contributed by atoms with Crippen LogP contribution in [0.3, 0.4) is 0 Å². The number of rotatable bonds is 12. The van der Waals surface area contributed by atoms with Crippen LogP contribution in [0.2, 0.25) is 0 Å². The Hall–Kier alpha value is -2.53. The largest absolute Gasteiger partial charge is 0.419 e. The van der Waals surface area contributed by atoms with Gasteiger partial charge in [0.1, 0.15) is 0 Å². The fraction of sp³-hybridized carbons (Fsp3) is 0.765. The summed E-state index contributed by atoms with van der Waals surface area (Å²) < 4.78 is 52.0. The molecule has 0 spiro atoms. The van der Waals surface area contributed by atoms with Crippen LogP contribution in [-0.2, 0) is 22.1 Å². The molecule has 11 heteroatoms. The summed E-state index contributed by atoms with van der Waals surface area (Å²) in [6, 6.07) is 0. The molecule has 2 aromatic heterocycles. The molecule has 2 atom stereocenters. The standard InChI is InChI=1S/C34H53F3N6O2/c1-8-9-25-20-38-30(39-21-25)43-18-13-27(14-19-43)29(45-32(3,4)5)10-15-33(6,7)44-24(2)26-11-16-42(17-12-26)31-40-22-28(23-41-31)34(35,36)37/h20-24,26-27,29H,8-19H2,1-7H3. The highest BCUT2D eigenvalue weighted by Crippen LogP contribution is 2.34. The van der Waals surface area contributed by atoms with Crippen LogP contribution in [0.4, 0.5) is 25.1 Å². The fourth-order valence-electron chi connectivity index (χ4n) is 6.59. The molecule has 45 heavy (non-hydrogen) atoms. The third-order valence-electron chi connectivity index (χ3n) is 9.07. The SMILES string of the molecule is CCCc1cnc(N2CCC(C(CCC(C)(C)OC(C)C3CCN(c4ncc(C(F)(F)F)cn4)CC3)OC(C)(C)C)CC2)nc1. The van der Waals surface area contributed by atoms with Crippen LogP contribution in [0.1, 0.15) is 105 Å². The number of anilines is 2. The van der Waals surface area contributed by atoms with Crippen LogP contribution in [0.5, 0.6) is 0 Å². The molecule has 0 aliphatic carbocycles. The summed E-state index contributed by atoms with van der Waals surface area (Å²) in [5, 5.41) is 0. The highest BCUT2D eigenvalue weighted by atomic mass is 19.4. The number of alkyl halides is 3. The molecule has 8 nitrogen and oxygen atoms in total. The molecule has 0 radical (unpaired) electrons. The molecule has 2 aliphatic heterocycles. The Kier molecular flexibility index (Phi) is 11.7. The molecule has 2 unspecified atom stereocenters. The molecule has 0 amide bonds.